The van der Waals surface area contributed by atoms with Gasteiger partial charge in [-0.15, -0.1) is 0 Å². The number of benzene rings is 2. The Kier molecular flexibility index (Phi) is 5.66. The molecule has 5 nitrogen and oxygen atoms in total. The number of ether oxygens (including phenoxy) is 2. The fraction of sp³-hybridized carbons (Fsp3) is 0.385. The zero-order chi connectivity index (χ0) is 22.3. The van der Waals surface area contributed by atoms with E-state index in [1.54, 1.807) is 0 Å². The second-order valence-electron chi connectivity index (χ2n) is 8.96. The summed E-state index contributed by atoms with van der Waals surface area (Å²) >= 11 is 6.29. The fourth-order valence-electron chi connectivity index (χ4n) is 4.91. The average Bonchev–Trinajstić information content (AvgIpc) is 3.34. The molecule has 4 aromatic rings. The number of aryl methyl sites for hydroxylation is 1. The van der Waals surface area contributed by atoms with Crippen molar-refractivity contribution < 1.29 is 9.47 Å². The predicted molar refractivity (Wildman–Crippen MR) is 128 cm³/mol. The van der Waals surface area contributed by atoms with Crippen LogP contribution >= 0.6 is 11.6 Å². The zero-order valence-electron chi connectivity index (χ0n) is 18.7. The normalized spacial score (nSPS) is 21.4. The monoisotopic (exact) mass is 449 g/mol. The van der Waals surface area contributed by atoms with Gasteiger partial charge in [0.05, 0.1) is 17.5 Å². The second-order valence-corrected chi connectivity index (χ2v) is 9.32. The molecular formula is C26H28ClN3O2. The van der Waals surface area contributed by atoms with Gasteiger partial charge in [0.1, 0.15) is 23.2 Å². The van der Waals surface area contributed by atoms with Crippen LogP contribution in [0.2, 0.25) is 5.15 Å². The van der Waals surface area contributed by atoms with Gasteiger partial charge in [-0.3, -0.25) is 0 Å². The van der Waals surface area contributed by atoms with Gasteiger partial charge in [-0.25, -0.2) is 9.97 Å². The zero-order valence-corrected chi connectivity index (χ0v) is 19.4. The molecule has 2 aromatic carbocycles. The fourth-order valence-corrected chi connectivity index (χ4v) is 5.10. The van der Waals surface area contributed by atoms with Gasteiger partial charge in [0.25, 0.3) is 0 Å². The van der Waals surface area contributed by atoms with Crippen molar-refractivity contribution in [3.63, 3.8) is 0 Å². The van der Waals surface area contributed by atoms with E-state index in [1.165, 1.54) is 22.7 Å². The van der Waals surface area contributed by atoms with E-state index in [0.717, 1.165) is 30.3 Å². The van der Waals surface area contributed by atoms with E-state index in [-0.39, 0.29) is 18.2 Å². The van der Waals surface area contributed by atoms with Crippen LogP contribution in [0.4, 0.5) is 0 Å². The molecule has 5 rings (SSSR count). The first-order valence-electron chi connectivity index (χ1n) is 11.3. The topological polar surface area (TPSA) is 49.2 Å². The Labute approximate surface area is 193 Å². The molecule has 1 saturated heterocycles. The van der Waals surface area contributed by atoms with Crippen LogP contribution in [0.3, 0.4) is 0 Å². The Morgan fingerprint density at radius 2 is 1.88 bits per heavy atom. The van der Waals surface area contributed by atoms with Gasteiger partial charge in [0, 0.05) is 6.20 Å². The minimum Gasteiger partial charge on any atom is -0.344 e. The highest BCUT2D eigenvalue weighted by molar-refractivity contribution is 6.33. The Morgan fingerprint density at radius 1 is 1.06 bits per heavy atom. The first kappa shape index (κ1) is 21.4. The van der Waals surface area contributed by atoms with E-state index in [1.807, 2.05) is 26.1 Å². The summed E-state index contributed by atoms with van der Waals surface area (Å²) in [6, 6.07) is 17.2. The summed E-state index contributed by atoms with van der Waals surface area (Å²) in [6.07, 6.45) is 6.16. The summed E-state index contributed by atoms with van der Waals surface area (Å²) in [5, 5.41) is 3.87. The highest BCUT2D eigenvalue weighted by Crippen LogP contribution is 2.39. The molecule has 32 heavy (non-hydrogen) atoms. The maximum absolute atomic E-state index is 6.46. The number of halogens is 1. The third-order valence-corrected chi connectivity index (χ3v) is 6.67. The largest absolute Gasteiger partial charge is 0.344 e. The summed E-state index contributed by atoms with van der Waals surface area (Å²) in [7, 11) is 0. The number of hydrogen-bond donors (Lipinski definition) is 0. The van der Waals surface area contributed by atoms with Crippen LogP contribution in [-0.4, -0.2) is 32.5 Å². The molecular weight excluding hydrogens is 422 g/mol. The number of rotatable bonds is 6. The SMILES string of the molecule is CC[C@H]([C@@H]1OC(C)(C)O[C@@H]1CCc1ccc2ccccc2c1)n1ccc2c(Cl)ncnc21. The minimum absolute atomic E-state index is 0.0174. The molecule has 1 aliphatic heterocycles. The molecule has 0 N–H and O–H groups in total. The lowest BCUT2D eigenvalue weighted by Gasteiger charge is -2.27. The minimum atomic E-state index is -0.623. The van der Waals surface area contributed by atoms with Gasteiger partial charge in [0.15, 0.2) is 5.79 Å². The Balaban J connectivity index is 1.41. The third kappa shape index (κ3) is 4.01. The van der Waals surface area contributed by atoms with Crippen molar-refractivity contribution in [2.75, 3.05) is 0 Å². The van der Waals surface area contributed by atoms with Crippen LogP contribution in [-0.2, 0) is 15.9 Å². The number of nitrogens with zero attached hydrogens (tertiary/aromatic N) is 3. The Bertz CT molecular complexity index is 1250. The first-order chi connectivity index (χ1) is 15.4. The van der Waals surface area contributed by atoms with Gasteiger partial charge in [0.2, 0.25) is 0 Å². The summed E-state index contributed by atoms with van der Waals surface area (Å²) in [6.45, 7) is 6.17. The predicted octanol–water partition coefficient (Wildman–Crippen LogP) is 6.34. The van der Waals surface area contributed by atoms with Crippen molar-refractivity contribution in [2.24, 2.45) is 0 Å². The Morgan fingerprint density at radius 3 is 2.69 bits per heavy atom. The van der Waals surface area contributed by atoms with E-state index in [9.17, 15) is 0 Å². The quantitative estimate of drug-likeness (QED) is 0.322. The van der Waals surface area contributed by atoms with Crippen LogP contribution in [0.5, 0.6) is 0 Å². The number of aromatic nitrogens is 3. The maximum Gasteiger partial charge on any atom is 0.163 e. The average molecular weight is 450 g/mol. The second kappa shape index (κ2) is 8.47. The molecule has 0 aliphatic carbocycles. The lowest BCUT2D eigenvalue weighted by atomic mass is 9.96. The molecule has 0 amide bonds. The van der Waals surface area contributed by atoms with Gasteiger partial charge < -0.3 is 14.0 Å². The van der Waals surface area contributed by atoms with Gasteiger partial charge in [-0.2, -0.15) is 0 Å². The van der Waals surface area contributed by atoms with Crippen molar-refractivity contribution in [1.29, 1.82) is 0 Å². The molecule has 3 atom stereocenters. The van der Waals surface area contributed by atoms with E-state index in [2.05, 4.69) is 63.9 Å². The molecule has 0 unspecified atom stereocenters. The van der Waals surface area contributed by atoms with Crippen LogP contribution in [0.1, 0.15) is 45.2 Å². The summed E-state index contributed by atoms with van der Waals surface area (Å²) in [5.74, 6) is -0.623. The molecule has 0 spiro atoms. The van der Waals surface area contributed by atoms with Gasteiger partial charge >= 0.3 is 0 Å². The van der Waals surface area contributed by atoms with Crippen molar-refractivity contribution in [1.82, 2.24) is 14.5 Å². The molecule has 0 saturated carbocycles. The highest BCUT2D eigenvalue weighted by atomic mass is 35.5. The molecule has 1 aliphatic rings. The van der Waals surface area contributed by atoms with Gasteiger partial charge in [-0.1, -0.05) is 61.0 Å². The number of fused-ring (bicyclic) bond motifs is 2. The lowest BCUT2D eigenvalue weighted by molar-refractivity contribution is -0.150. The van der Waals surface area contributed by atoms with E-state index in [0.29, 0.717) is 5.15 Å². The third-order valence-electron chi connectivity index (χ3n) is 6.37. The maximum atomic E-state index is 6.46. The van der Waals surface area contributed by atoms with E-state index in [4.69, 9.17) is 21.1 Å². The van der Waals surface area contributed by atoms with Crippen molar-refractivity contribution in [2.45, 2.75) is 64.1 Å². The molecule has 3 heterocycles. The summed E-state index contributed by atoms with van der Waals surface area (Å²) in [5.41, 5.74) is 2.15. The van der Waals surface area contributed by atoms with Crippen LogP contribution < -0.4 is 0 Å². The lowest BCUT2D eigenvalue weighted by Crippen LogP contribution is -2.33. The van der Waals surface area contributed by atoms with Gasteiger partial charge in [-0.05, 0) is 55.5 Å². The van der Waals surface area contributed by atoms with Crippen molar-refractivity contribution in [3.8, 4) is 0 Å². The molecule has 1 fully saturated rings. The van der Waals surface area contributed by atoms with Crippen LogP contribution in [0.15, 0.2) is 61.1 Å². The number of hydrogen-bond acceptors (Lipinski definition) is 4. The smallest absolute Gasteiger partial charge is 0.163 e. The molecule has 0 radical (unpaired) electrons. The Hall–Kier alpha value is -2.47. The highest BCUT2D eigenvalue weighted by Gasteiger charge is 2.45. The molecule has 6 heteroatoms. The molecule has 2 aromatic heterocycles. The van der Waals surface area contributed by atoms with E-state index >= 15 is 0 Å². The van der Waals surface area contributed by atoms with Crippen LogP contribution in [0, 0.1) is 0 Å². The van der Waals surface area contributed by atoms with Crippen LogP contribution in [0.25, 0.3) is 21.8 Å². The molecule has 0 bridgehead atoms. The summed E-state index contributed by atoms with van der Waals surface area (Å²) in [4.78, 5) is 8.61. The van der Waals surface area contributed by atoms with E-state index < -0.39 is 5.79 Å². The van der Waals surface area contributed by atoms with Crippen molar-refractivity contribution >= 4 is 33.4 Å². The summed E-state index contributed by atoms with van der Waals surface area (Å²) < 4.78 is 15.0. The first-order valence-corrected chi connectivity index (χ1v) is 11.6. The standard InChI is InChI=1S/C26H28ClN3O2/c1-4-21(30-14-13-20-24(27)28-16-29-25(20)30)23-22(31-26(2,3)32-23)12-10-17-9-11-18-7-5-6-8-19(18)15-17/h5-9,11,13-16,21-23H,4,10,12H2,1-3H3/t21-,22-,23+/m1/s1. The molecule has 166 valence electrons. The van der Waals surface area contributed by atoms with Crippen molar-refractivity contribution in [3.05, 3.63) is 71.8 Å².